The van der Waals surface area contributed by atoms with E-state index in [1.807, 2.05) is 54.1 Å². The number of benzene rings is 2. The molecular weight excluding hydrogens is 396 g/mol. The Morgan fingerprint density at radius 2 is 2.11 bits per heavy atom. The Hall–Kier alpha value is -2.51. The summed E-state index contributed by atoms with van der Waals surface area (Å²) in [5.41, 5.74) is 3.17. The molecule has 28 heavy (non-hydrogen) atoms. The van der Waals surface area contributed by atoms with Gasteiger partial charge in [0, 0.05) is 25.0 Å². The minimum absolute atomic E-state index is 0.0921. The van der Waals surface area contributed by atoms with Crippen molar-refractivity contribution in [1.82, 2.24) is 9.55 Å². The molecule has 1 aliphatic rings. The van der Waals surface area contributed by atoms with Crippen molar-refractivity contribution in [3.05, 3.63) is 47.5 Å². The number of carbonyl (C=O) groups excluding carboxylic acids is 2. The summed E-state index contributed by atoms with van der Waals surface area (Å²) >= 11 is 7.39. The third-order valence-corrected chi connectivity index (χ3v) is 5.94. The number of nitrogens with one attached hydrogen (secondary N) is 1. The first-order valence-electron chi connectivity index (χ1n) is 8.97. The zero-order valence-corrected chi connectivity index (χ0v) is 16.9. The second-order valence-corrected chi connectivity index (χ2v) is 7.97. The summed E-state index contributed by atoms with van der Waals surface area (Å²) in [7, 11) is 1.91. The molecule has 144 valence electrons. The number of para-hydroxylation sites is 2. The van der Waals surface area contributed by atoms with Gasteiger partial charge in [-0.2, -0.15) is 0 Å². The predicted octanol–water partition coefficient (Wildman–Crippen LogP) is 4.08. The van der Waals surface area contributed by atoms with Crippen LogP contribution < -0.4 is 10.2 Å². The number of thioether (sulfide) groups is 1. The van der Waals surface area contributed by atoms with E-state index in [0.717, 1.165) is 28.3 Å². The topological polar surface area (TPSA) is 67.2 Å². The van der Waals surface area contributed by atoms with E-state index < -0.39 is 0 Å². The molecule has 0 bridgehead atoms. The molecule has 1 aliphatic heterocycles. The number of aryl methyl sites for hydroxylation is 1. The lowest BCUT2D eigenvalue weighted by molar-refractivity contribution is -0.117. The Balaban J connectivity index is 1.46. The average Bonchev–Trinajstić information content (AvgIpc) is 3.23. The number of fused-ring (bicyclic) bond motifs is 1. The maximum atomic E-state index is 12.5. The number of anilines is 2. The molecule has 1 fully saturated rings. The summed E-state index contributed by atoms with van der Waals surface area (Å²) in [5, 5.41) is 4.31. The highest BCUT2D eigenvalue weighted by Gasteiger charge is 2.24. The minimum atomic E-state index is -0.144. The van der Waals surface area contributed by atoms with Crippen LogP contribution in [-0.4, -0.2) is 33.7 Å². The van der Waals surface area contributed by atoms with Gasteiger partial charge < -0.3 is 14.8 Å². The van der Waals surface area contributed by atoms with Gasteiger partial charge in [0.1, 0.15) is 0 Å². The smallest absolute Gasteiger partial charge is 0.234 e. The van der Waals surface area contributed by atoms with Crippen LogP contribution in [-0.2, 0) is 16.6 Å². The van der Waals surface area contributed by atoms with Crippen molar-refractivity contribution in [2.75, 3.05) is 22.5 Å². The number of carbonyl (C=O) groups is 2. The fourth-order valence-electron chi connectivity index (χ4n) is 3.31. The summed E-state index contributed by atoms with van der Waals surface area (Å²) < 4.78 is 1.94. The van der Waals surface area contributed by atoms with Crippen LogP contribution in [0.25, 0.3) is 11.0 Å². The SMILES string of the molecule is Cn1c(SCC(=O)Nc2ccccc2N2CCCC2=O)nc2cc(Cl)ccc21. The monoisotopic (exact) mass is 414 g/mol. The third-order valence-electron chi connectivity index (χ3n) is 4.68. The maximum Gasteiger partial charge on any atom is 0.234 e. The van der Waals surface area contributed by atoms with Crippen LogP contribution in [0.4, 0.5) is 11.4 Å². The van der Waals surface area contributed by atoms with Crippen molar-refractivity contribution in [2.24, 2.45) is 7.05 Å². The zero-order chi connectivity index (χ0) is 19.7. The Morgan fingerprint density at radius 1 is 1.29 bits per heavy atom. The molecule has 0 aliphatic carbocycles. The minimum Gasteiger partial charge on any atom is -0.324 e. The molecule has 0 saturated carbocycles. The summed E-state index contributed by atoms with van der Waals surface area (Å²) in [6.07, 6.45) is 1.39. The molecule has 2 aromatic carbocycles. The Morgan fingerprint density at radius 3 is 2.89 bits per heavy atom. The predicted molar refractivity (Wildman–Crippen MR) is 113 cm³/mol. The van der Waals surface area contributed by atoms with E-state index in [1.54, 1.807) is 4.90 Å². The van der Waals surface area contributed by atoms with Gasteiger partial charge in [0.15, 0.2) is 5.16 Å². The first-order valence-corrected chi connectivity index (χ1v) is 10.3. The standard InChI is InChI=1S/C20H19ClN4O2S/c1-24-16-9-8-13(21)11-15(16)23-20(24)28-12-18(26)22-14-5-2-3-6-17(14)25-10-4-7-19(25)27/h2-3,5-6,8-9,11H,4,7,10,12H2,1H3,(H,22,26). The van der Waals surface area contributed by atoms with Gasteiger partial charge in [-0.25, -0.2) is 4.98 Å². The number of amides is 2. The van der Waals surface area contributed by atoms with E-state index in [-0.39, 0.29) is 17.6 Å². The molecule has 0 spiro atoms. The zero-order valence-electron chi connectivity index (χ0n) is 15.3. The molecule has 0 radical (unpaired) electrons. The van der Waals surface area contributed by atoms with Crippen molar-refractivity contribution >= 4 is 57.6 Å². The van der Waals surface area contributed by atoms with Gasteiger partial charge >= 0.3 is 0 Å². The van der Waals surface area contributed by atoms with Crippen LogP contribution in [0.1, 0.15) is 12.8 Å². The Bertz CT molecular complexity index is 1070. The fraction of sp³-hybridized carbons (Fsp3) is 0.250. The second-order valence-electron chi connectivity index (χ2n) is 6.59. The second kappa shape index (κ2) is 7.85. The highest BCUT2D eigenvalue weighted by Crippen LogP contribution is 2.30. The van der Waals surface area contributed by atoms with Crippen molar-refractivity contribution < 1.29 is 9.59 Å². The molecule has 0 unspecified atom stereocenters. The summed E-state index contributed by atoms with van der Waals surface area (Å²) in [4.78, 5) is 30.9. The Labute approximate surface area is 171 Å². The van der Waals surface area contributed by atoms with Gasteiger partial charge in [0.2, 0.25) is 11.8 Å². The van der Waals surface area contributed by atoms with E-state index in [9.17, 15) is 9.59 Å². The number of nitrogens with zero attached hydrogens (tertiary/aromatic N) is 3. The molecule has 6 nitrogen and oxygen atoms in total. The first kappa shape index (κ1) is 18.8. The van der Waals surface area contributed by atoms with Gasteiger partial charge in [0.05, 0.1) is 28.2 Å². The number of halogens is 1. The average molecular weight is 415 g/mol. The summed E-state index contributed by atoms with van der Waals surface area (Å²) in [5.74, 6) is 0.163. The summed E-state index contributed by atoms with van der Waals surface area (Å²) in [6, 6.07) is 12.9. The number of rotatable bonds is 5. The van der Waals surface area contributed by atoms with Crippen LogP contribution in [0.2, 0.25) is 5.02 Å². The lowest BCUT2D eigenvalue weighted by Gasteiger charge is -2.19. The number of imidazole rings is 1. The van der Waals surface area contributed by atoms with E-state index in [1.165, 1.54) is 11.8 Å². The van der Waals surface area contributed by atoms with E-state index in [0.29, 0.717) is 23.7 Å². The van der Waals surface area contributed by atoms with E-state index in [4.69, 9.17) is 11.6 Å². The maximum absolute atomic E-state index is 12.5. The molecule has 1 saturated heterocycles. The normalized spacial score (nSPS) is 14.1. The third kappa shape index (κ3) is 3.72. The van der Waals surface area contributed by atoms with E-state index in [2.05, 4.69) is 10.3 Å². The van der Waals surface area contributed by atoms with Crippen LogP contribution in [0.5, 0.6) is 0 Å². The van der Waals surface area contributed by atoms with Gasteiger partial charge in [0.25, 0.3) is 0 Å². The molecule has 0 atom stereocenters. The molecule has 3 aromatic rings. The Kier molecular flexibility index (Phi) is 5.28. The molecular formula is C20H19ClN4O2S. The van der Waals surface area contributed by atoms with Crippen LogP contribution in [0.3, 0.4) is 0 Å². The molecule has 8 heteroatoms. The van der Waals surface area contributed by atoms with Crippen molar-refractivity contribution in [1.29, 1.82) is 0 Å². The molecule has 1 N–H and O–H groups in total. The van der Waals surface area contributed by atoms with Crippen molar-refractivity contribution in [3.8, 4) is 0 Å². The van der Waals surface area contributed by atoms with Crippen molar-refractivity contribution in [3.63, 3.8) is 0 Å². The van der Waals surface area contributed by atoms with Gasteiger partial charge in [-0.05, 0) is 36.8 Å². The van der Waals surface area contributed by atoms with Gasteiger partial charge in [-0.1, -0.05) is 35.5 Å². The van der Waals surface area contributed by atoms with Gasteiger partial charge in [-0.3, -0.25) is 9.59 Å². The highest BCUT2D eigenvalue weighted by atomic mass is 35.5. The highest BCUT2D eigenvalue weighted by molar-refractivity contribution is 7.99. The number of hydrogen-bond acceptors (Lipinski definition) is 4. The lowest BCUT2D eigenvalue weighted by Crippen LogP contribution is -2.26. The molecule has 1 aromatic heterocycles. The molecule has 2 heterocycles. The lowest BCUT2D eigenvalue weighted by atomic mass is 10.2. The fourth-order valence-corrected chi connectivity index (χ4v) is 4.27. The number of hydrogen-bond donors (Lipinski definition) is 1. The van der Waals surface area contributed by atoms with Crippen LogP contribution >= 0.6 is 23.4 Å². The van der Waals surface area contributed by atoms with Crippen LogP contribution in [0.15, 0.2) is 47.6 Å². The summed E-state index contributed by atoms with van der Waals surface area (Å²) in [6.45, 7) is 0.683. The first-order chi connectivity index (χ1) is 13.5. The molecule has 4 rings (SSSR count). The number of aromatic nitrogens is 2. The van der Waals surface area contributed by atoms with E-state index >= 15 is 0 Å². The van der Waals surface area contributed by atoms with Crippen molar-refractivity contribution in [2.45, 2.75) is 18.0 Å². The van der Waals surface area contributed by atoms with Crippen LogP contribution in [0, 0.1) is 0 Å². The largest absolute Gasteiger partial charge is 0.324 e. The quantitative estimate of drug-likeness (QED) is 0.638. The van der Waals surface area contributed by atoms with Gasteiger partial charge in [-0.15, -0.1) is 0 Å². The molecule has 2 amide bonds.